The van der Waals surface area contributed by atoms with E-state index in [1.54, 1.807) is 24.3 Å². The van der Waals surface area contributed by atoms with Crippen molar-refractivity contribution in [1.29, 1.82) is 0 Å². The molecular formula is C37H37F5N2O5. The maximum Gasteiger partial charge on any atom is 0.257 e. The maximum atomic E-state index is 14.1. The lowest BCUT2D eigenvalue weighted by Gasteiger charge is -2.43. The van der Waals surface area contributed by atoms with Crippen molar-refractivity contribution in [2.45, 2.75) is 57.6 Å². The minimum Gasteiger partial charge on any atom is -0.392 e. The molecule has 1 heterocycles. The van der Waals surface area contributed by atoms with E-state index in [0.29, 0.717) is 17.7 Å². The highest BCUT2D eigenvalue weighted by molar-refractivity contribution is 5.94. The number of hydrogen-bond donors (Lipinski definition) is 3. The smallest absolute Gasteiger partial charge is 0.257 e. The fourth-order valence-corrected chi connectivity index (χ4v) is 5.82. The molecule has 0 bridgehead atoms. The number of carbonyl (C=O) groups excluding carboxylic acids is 1. The molecule has 0 unspecified atom stereocenters. The topological polar surface area (TPSA) is 91.3 Å². The van der Waals surface area contributed by atoms with Gasteiger partial charge in [-0.25, -0.2) is 22.0 Å². The molecule has 1 saturated heterocycles. The van der Waals surface area contributed by atoms with Crippen LogP contribution in [0, 0.1) is 35.0 Å². The van der Waals surface area contributed by atoms with E-state index >= 15 is 0 Å². The second-order valence-corrected chi connectivity index (χ2v) is 12.2. The average molecular weight is 685 g/mol. The number of likely N-dealkylation sites (N-methyl/N-ethyl adjacent to an activating group) is 1. The Morgan fingerprint density at radius 2 is 1.37 bits per heavy atom. The molecule has 12 heteroatoms. The highest BCUT2D eigenvalue weighted by Crippen LogP contribution is 2.42. The predicted molar refractivity (Wildman–Crippen MR) is 170 cm³/mol. The minimum absolute atomic E-state index is 0.101. The third-order valence-corrected chi connectivity index (χ3v) is 9.03. The molecule has 0 spiro atoms. The quantitative estimate of drug-likeness (QED) is 0.0932. The van der Waals surface area contributed by atoms with Gasteiger partial charge in [-0.2, -0.15) is 0 Å². The molecule has 1 fully saturated rings. The Balaban J connectivity index is 1.33. The first-order chi connectivity index (χ1) is 23.4. The summed E-state index contributed by atoms with van der Waals surface area (Å²) in [5.41, 5.74) is 1.97. The van der Waals surface area contributed by atoms with Crippen molar-refractivity contribution in [3.05, 3.63) is 141 Å². The lowest BCUT2D eigenvalue weighted by molar-refractivity contribution is -0.276. The summed E-state index contributed by atoms with van der Waals surface area (Å²) in [6.07, 6.45) is -2.32. The van der Waals surface area contributed by atoms with Crippen molar-refractivity contribution >= 4 is 5.91 Å². The van der Waals surface area contributed by atoms with Gasteiger partial charge in [0.15, 0.2) is 29.6 Å². The standard InChI is InChI=1S/C37H37F5N2O5/c1-20-27(18-44(3)21(2)34(46)24-7-5-4-6-8-24)48-37(49-35(20)25-13-11-23(19-45)12-14-25)26-15-9-22(10-16-26)17-43-36(47)28-29(38)31(40)33(42)32(41)30(28)39/h4-16,20-21,27,34-35,37,45-46H,17-19H2,1-3H3,(H,43,47)/t20-,21-,27+,34-,35+,37+/m0/s1. The molecule has 4 aromatic rings. The Bertz CT molecular complexity index is 1710. The van der Waals surface area contributed by atoms with Crippen LogP contribution in [0.25, 0.3) is 0 Å². The predicted octanol–water partition coefficient (Wildman–Crippen LogP) is 6.65. The lowest BCUT2D eigenvalue weighted by Crippen LogP contribution is -2.46. The summed E-state index contributed by atoms with van der Waals surface area (Å²) < 4.78 is 81.8. The van der Waals surface area contributed by atoms with Gasteiger partial charge < -0.3 is 25.0 Å². The first-order valence-electron chi connectivity index (χ1n) is 15.7. The lowest BCUT2D eigenvalue weighted by atomic mass is 9.89. The normalized spacial score (nSPS) is 20.6. The Kier molecular flexibility index (Phi) is 11.5. The minimum atomic E-state index is -2.35. The monoisotopic (exact) mass is 684 g/mol. The summed E-state index contributed by atoms with van der Waals surface area (Å²) in [6.45, 7) is 4.05. The van der Waals surface area contributed by atoms with Crippen molar-refractivity contribution in [1.82, 2.24) is 10.2 Å². The molecule has 0 radical (unpaired) electrons. The first-order valence-corrected chi connectivity index (χ1v) is 15.7. The molecule has 0 aliphatic carbocycles. The van der Waals surface area contributed by atoms with Crippen LogP contribution in [-0.4, -0.2) is 46.8 Å². The van der Waals surface area contributed by atoms with Crippen LogP contribution in [0.4, 0.5) is 22.0 Å². The molecular weight excluding hydrogens is 647 g/mol. The number of halogens is 5. The first kappa shape index (κ1) is 36.1. The van der Waals surface area contributed by atoms with Crippen molar-refractivity contribution in [2.75, 3.05) is 13.6 Å². The number of rotatable bonds is 11. The van der Waals surface area contributed by atoms with Gasteiger partial charge >= 0.3 is 0 Å². The van der Waals surface area contributed by atoms with E-state index in [1.807, 2.05) is 80.4 Å². The Hall–Kier alpha value is -4.20. The zero-order valence-electron chi connectivity index (χ0n) is 27.0. The van der Waals surface area contributed by atoms with Gasteiger partial charge in [0.2, 0.25) is 5.82 Å². The van der Waals surface area contributed by atoms with Gasteiger partial charge in [-0.15, -0.1) is 0 Å². The van der Waals surface area contributed by atoms with Gasteiger partial charge in [-0.3, -0.25) is 9.69 Å². The summed E-state index contributed by atoms with van der Waals surface area (Å²) >= 11 is 0. The van der Waals surface area contributed by atoms with Crippen LogP contribution in [0.3, 0.4) is 0 Å². The summed E-state index contributed by atoms with van der Waals surface area (Å²) in [7, 11) is 1.91. The zero-order chi connectivity index (χ0) is 35.4. The van der Waals surface area contributed by atoms with Crippen molar-refractivity contribution in [3.8, 4) is 0 Å². The van der Waals surface area contributed by atoms with E-state index in [9.17, 15) is 37.0 Å². The SMILES string of the molecule is C[C@H]1[C@@H](CN(C)[C@@H](C)[C@H](O)c2ccccc2)O[C@@H](c2ccc(CNC(=O)c3c(F)c(F)c(F)c(F)c3F)cc2)O[C@H]1c1ccc(CO)cc1. The molecule has 0 aromatic heterocycles. The Labute approximate surface area is 280 Å². The second kappa shape index (κ2) is 15.6. The van der Waals surface area contributed by atoms with E-state index in [2.05, 4.69) is 5.32 Å². The number of hydrogen-bond acceptors (Lipinski definition) is 6. The van der Waals surface area contributed by atoms with E-state index in [0.717, 1.165) is 16.7 Å². The van der Waals surface area contributed by atoms with Gasteiger partial charge in [-0.1, -0.05) is 85.8 Å². The number of benzene rings is 4. The van der Waals surface area contributed by atoms with Gasteiger partial charge in [0.25, 0.3) is 5.91 Å². The molecule has 3 N–H and O–H groups in total. The van der Waals surface area contributed by atoms with Gasteiger partial charge in [0.05, 0.1) is 24.9 Å². The molecule has 0 saturated carbocycles. The van der Waals surface area contributed by atoms with Gasteiger partial charge in [-0.05, 0) is 36.2 Å². The fraction of sp³-hybridized carbons (Fsp3) is 0.324. The van der Waals surface area contributed by atoms with Crippen molar-refractivity contribution < 1.29 is 46.4 Å². The van der Waals surface area contributed by atoms with Crippen LogP contribution in [0.5, 0.6) is 0 Å². The fourth-order valence-electron chi connectivity index (χ4n) is 5.82. The summed E-state index contributed by atoms with van der Waals surface area (Å²) in [5.74, 6) is -12.8. The van der Waals surface area contributed by atoms with Crippen LogP contribution in [0.1, 0.15) is 70.5 Å². The summed E-state index contributed by atoms with van der Waals surface area (Å²) in [6, 6.07) is 23.2. The number of carbonyl (C=O) groups is 1. The molecule has 1 amide bonds. The van der Waals surface area contributed by atoms with Crippen LogP contribution in [0.2, 0.25) is 0 Å². The molecule has 4 aromatic carbocycles. The van der Waals surface area contributed by atoms with Crippen LogP contribution < -0.4 is 5.32 Å². The Morgan fingerprint density at radius 1 is 0.816 bits per heavy atom. The molecule has 7 nitrogen and oxygen atoms in total. The average Bonchev–Trinajstić information content (AvgIpc) is 3.13. The Morgan fingerprint density at radius 3 is 1.96 bits per heavy atom. The van der Waals surface area contributed by atoms with Crippen LogP contribution >= 0.6 is 0 Å². The molecule has 1 aliphatic rings. The molecule has 5 rings (SSSR count). The third kappa shape index (κ3) is 7.84. The molecule has 260 valence electrons. The van der Waals surface area contributed by atoms with Crippen LogP contribution in [-0.2, 0) is 22.6 Å². The number of amides is 1. The van der Waals surface area contributed by atoms with E-state index in [-0.39, 0.29) is 31.2 Å². The summed E-state index contributed by atoms with van der Waals surface area (Å²) in [5, 5.41) is 22.8. The molecule has 6 atom stereocenters. The highest BCUT2D eigenvalue weighted by Gasteiger charge is 2.39. The maximum absolute atomic E-state index is 14.1. The second-order valence-electron chi connectivity index (χ2n) is 12.2. The van der Waals surface area contributed by atoms with Crippen molar-refractivity contribution in [2.24, 2.45) is 5.92 Å². The van der Waals surface area contributed by atoms with Crippen LogP contribution in [0.15, 0.2) is 78.9 Å². The largest absolute Gasteiger partial charge is 0.392 e. The summed E-state index contributed by atoms with van der Waals surface area (Å²) in [4.78, 5) is 14.4. The number of aliphatic hydroxyl groups is 2. The number of nitrogens with one attached hydrogen (secondary N) is 1. The zero-order valence-corrected chi connectivity index (χ0v) is 27.0. The van der Waals surface area contributed by atoms with E-state index in [4.69, 9.17) is 9.47 Å². The molecule has 1 aliphatic heterocycles. The van der Waals surface area contributed by atoms with Gasteiger partial charge in [0, 0.05) is 30.6 Å². The van der Waals surface area contributed by atoms with E-state index < -0.39 is 59.1 Å². The highest BCUT2D eigenvalue weighted by atomic mass is 19.2. The number of ether oxygens (including phenoxy) is 2. The van der Waals surface area contributed by atoms with E-state index in [1.165, 1.54) is 0 Å². The van der Waals surface area contributed by atoms with Gasteiger partial charge in [0.1, 0.15) is 5.56 Å². The number of nitrogens with zero attached hydrogens (tertiary/aromatic N) is 1. The number of aliphatic hydroxyl groups excluding tert-OH is 2. The third-order valence-electron chi connectivity index (χ3n) is 9.03. The van der Waals surface area contributed by atoms with Crippen molar-refractivity contribution in [3.63, 3.8) is 0 Å². The molecule has 49 heavy (non-hydrogen) atoms.